The summed E-state index contributed by atoms with van der Waals surface area (Å²) in [4.78, 5) is 17.0. The topological polar surface area (TPSA) is 54.0 Å². The zero-order valence-corrected chi connectivity index (χ0v) is 17.8. The summed E-state index contributed by atoms with van der Waals surface area (Å²) in [5.41, 5.74) is 4.39. The molecule has 1 saturated heterocycles. The van der Waals surface area contributed by atoms with Crippen LogP contribution in [0.3, 0.4) is 0 Å². The Morgan fingerprint density at radius 3 is 2.31 bits per heavy atom. The van der Waals surface area contributed by atoms with Crippen molar-refractivity contribution in [1.29, 1.82) is 0 Å². The van der Waals surface area contributed by atoms with Gasteiger partial charge in [0.1, 0.15) is 11.5 Å². The molecule has 0 radical (unpaired) electrons. The second-order valence-corrected chi connectivity index (χ2v) is 7.58. The molecule has 6 nitrogen and oxygen atoms in total. The fraction of sp³-hybridized carbons (Fsp3) is 0.435. The third-order valence-corrected chi connectivity index (χ3v) is 5.50. The van der Waals surface area contributed by atoms with Crippen molar-refractivity contribution >= 4 is 11.6 Å². The van der Waals surface area contributed by atoms with Crippen LogP contribution in [0.15, 0.2) is 36.4 Å². The van der Waals surface area contributed by atoms with Gasteiger partial charge in [0.05, 0.1) is 20.8 Å². The minimum atomic E-state index is 0.0381. The van der Waals surface area contributed by atoms with Crippen molar-refractivity contribution in [3.63, 3.8) is 0 Å². The van der Waals surface area contributed by atoms with E-state index in [-0.39, 0.29) is 5.91 Å². The summed E-state index contributed by atoms with van der Waals surface area (Å²) < 4.78 is 10.8. The average Bonchev–Trinajstić information content (AvgIpc) is 2.72. The standard InChI is InChI=1S/C23H31N3O3/c1-17-5-6-20(13-18(17)2)24-23(27)16-26-11-9-25(10-12-26)15-19-14-21(28-3)7-8-22(19)29-4/h5-8,13-14H,9-12,15-16H2,1-4H3,(H,24,27). The minimum Gasteiger partial charge on any atom is -0.497 e. The summed E-state index contributed by atoms with van der Waals surface area (Å²) in [6.07, 6.45) is 0. The van der Waals surface area contributed by atoms with Gasteiger partial charge in [-0.2, -0.15) is 0 Å². The predicted octanol–water partition coefficient (Wildman–Crippen LogP) is 3.08. The van der Waals surface area contributed by atoms with Crippen molar-refractivity contribution in [2.45, 2.75) is 20.4 Å². The minimum absolute atomic E-state index is 0.0381. The quantitative estimate of drug-likeness (QED) is 0.778. The van der Waals surface area contributed by atoms with Gasteiger partial charge in [-0.3, -0.25) is 14.6 Å². The predicted molar refractivity (Wildman–Crippen MR) is 116 cm³/mol. The molecule has 0 saturated carbocycles. The number of aryl methyl sites for hydroxylation is 2. The van der Waals surface area contributed by atoms with E-state index in [2.05, 4.69) is 29.0 Å². The lowest BCUT2D eigenvalue weighted by Gasteiger charge is -2.34. The number of rotatable bonds is 7. The molecule has 2 aromatic rings. The van der Waals surface area contributed by atoms with E-state index in [0.717, 1.165) is 55.5 Å². The first-order valence-electron chi connectivity index (χ1n) is 10.0. The molecule has 0 aromatic heterocycles. The lowest BCUT2D eigenvalue weighted by Crippen LogP contribution is -2.48. The van der Waals surface area contributed by atoms with Crippen LogP contribution in [0.4, 0.5) is 5.69 Å². The molecule has 0 atom stereocenters. The van der Waals surface area contributed by atoms with Crippen LogP contribution in [0, 0.1) is 13.8 Å². The number of hydrogen-bond donors (Lipinski definition) is 1. The SMILES string of the molecule is COc1ccc(OC)c(CN2CCN(CC(=O)Nc3ccc(C)c(C)c3)CC2)c1. The summed E-state index contributed by atoms with van der Waals surface area (Å²) in [6, 6.07) is 11.9. The van der Waals surface area contributed by atoms with Gasteiger partial charge in [-0.25, -0.2) is 0 Å². The third kappa shape index (κ3) is 5.71. The highest BCUT2D eigenvalue weighted by Crippen LogP contribution is 2.25. The monoisotopic (exact) mass is 397 g/mol. The third-order valence-electron chi connectivity index (χ3n) is 5.50. The highest BCUT2D eigenvalue weighted by atomic mass is 16.5. The molecule has 29 heavy (non-hydrogen) atoms. The maximum atomic E-state index is 12.4. The van der Waals surface area contributed by atoms with E-state index in [1.54, 1.807) is 14.2 Å². The lowest BCUT2D eigenvalue weighted by atomic mass is 10.1. The number of nitrogens with one attached hydrogen (secondary N) is 1. The van der Waals surface area contributed by atoms with Gasteiger partial charge in [0.2, 0.25) is 5.91 Å². The first-order chi connectivity index (χ1) is 14.0. The van der Waals surface area contributed by atoms with Gasteiger partial charge < -0.3 is 14.8 Å². The van der Waals surface area contributed by atoms with E-state index in [0.29, 0.717) is 6.54 Å². The molecular formula is C23H31N3O3. The van der Waals surface area contributed by atoms with Gasteiger partial charge in [0.15, 0.2) is 0 Å². The second-order valence-electron chi connectivity index (χ2n) is 7.58. The van der Waals surface area contributed by atoms with Crippen LogP contribution < -0.4 is 14.8 Å². The highest BCUT2D eigenvalue weighted by molar-refractivity contribution is 5.92. The Balaban J connectivity index is 1.49. The van der Waals surface area contributed by atoms with E-state index in [1.807, 2.05) is 36.4 Å². The van der Waals surface area contributed by atoms with Gasteiger partial charge in [-0.1, -0.05) is 6.07 Å². The maximum Gasteiger partial charge on any atom is 0.238 e. The molecule has 1 aliphatic rings. The Kier molecular flexibility index (Phi) is 7.12. The van der Waals surface area contributed by atoms with Crippen LogP contribution >= 0.6 is 0 Å². The molecular weight excluding hydrogens is 366 g/mol. The molecule has 1 N–H and O–H groups in total. The molecule has 6 heteroatoms. The molecule has 1 aliphatic heterocycles. The van der Waals surface area contributed by atoms with E-state index < -0.39 is 0 Å². The van der Waals surface area contributed by atoms with E-state index in [9.17, 15) is 4.79 Å². The zero-order chi connectivity index (χ0) is 20.8. The van der Waals surface area contributed by atoms with Crippen molar-refractivity contribution in [3.05, 3.63) is 53.1 Å². The lowest BCUT2D eigenvalue weighted by molar-refractivity contribution is -0.117. The van der Waals surface area contributed by atoms with Crippen molar-refractivity contribution < 1.29 is 14.3 Å². The number of anilines is 1. The smallest absolute Gasteiger partial charge is 0.238 e. The van der Waals surface area contributed by atoms with Gasteiger partial charge >= 0.3 is 0 Å². The number of nitrogens with zero attached hydrogens (tertiary/aromatic N) is 2. The second kappa shape index (κ2) is 9.76. The molecule has 0 unspecified atom stereocenters. The van der Waals surface area contributed by atoms with Crippen LogP contribution in [0.1, 0.15) is 16.7 Å². The average molecular weight is 398 g/mol. The van der Waals surface area contributed by atoms with Gasteiger partial charge in [-0.05, 0) is 55.3 Å². The summed E-state index contributed by atoms with van der Waals surface area (Å²) >= 11 is 0. The number of benzene rings is 2. The molecule has 3 rings (SSSR count). The molecule has 0 bridgehead atoms. The van der Waals surface area contributed by atoms with Crippen LogP contribution in [0.5, 0.6) is 11.5 Å². The van der Waals surface area contributed by atoms with E-state index >= 15 is 0 Å². The van der Waals surface area contributed by atoms with Crippen molar-refractivity contribution in [2.75, 3.05) is 52.3 Å². The number of amides is 1. The molecule has 1 fully saturated rings. The summed E-state index contributed by atoms with van der Waals surface area (Å²) in [5.74, 6) is 1.75. The van der Waals surface area contributed by atoms with Crippen molar-refractivity contribution in [2.24, 2.45) is 0 Å². The number of piperazine rings is 1. The van der Waals surface area contributed by atoms with Crippen molar-refractivity contribution in [3.8, 4) is 11.5 Å². The fourth-order valence-electron chi connectivity index (χ4n) is 3.57. The summed E-state index contributed by atoms with van der Waals surface area (Å²) in [5, 5.41) is 3.01. The van der Waals surface area contributed by atoms with E-state index in [1.165, 1.54) is 11.1 Å². The van der Waals surface area contributed by atoms with Crippen LogP contribution in [-0.4, -0.2) is 62.7 Å². The fourth-order valence-corrected chi connectivity index (χ4v) is 3.57. The summed E-state index contributed by atoms with van der Waals surface area (Å²) in [7, 11) is 3.37. The van der Waals surface area contributed by atoms with Gasteiger partial charge in [-0.15, -0.1) is 0 Å². The van der Waals surface area contributed by atoms with Crippen LogP contribution in [-0.2, 0) is 11.3 Å². The molecule has 1 heterocycles. The molecule has 0 aliphatic carbocycles. The summed E-state index contributed by atoms with van der Waals surface area (Å²) in [6.45, 7) is 8.92. The number of carbonyl (C=O) groups is 1. The van der Waals surface area contributed by atoms with Crippen LogP contribution in [0.2, 0.25) is 0 Å². The number of ether oxygens (including phenoxy) is 2. The Hall–Kier alpha value is -2.57. The number of carbonyl (C=O) groups excluding carboxylic acids is 1. The molecule has 1 amide bonds. The Morgan fingerprint density at radius 2 is 1.66 bits per heavy atom. The zero-order valence-electron chi connectivity index (χ0n) is 17.8. The van der Waals surface area contributed by atoms with E-state index in [4.69, 9.17) is 9.47 Å². The number of hydrogen-bond acceptors (Lipinski definition) is 5. The molecule has 156 valence electrons. The Morgan fingerprint density at radius 1 is 0.931 bits per heavy atom. The first kappa shape index (κ1) is 21.1. The van der Waals surface area contributed by atoms with Gasteiger partial charge in [0, 0.05) is 44.0 Å². The molecule has 0 spiro atoms. The maximum absolute atomic E-state index is 12.4. The molecule has 2 aromatic carbocycles. The Bertz CT molecular complexity index is 845. The first-order valence-corrected chi connectivity index (χ1v) is 10.0. The Labute approximate surface area is 173 Å². The largest absolute Gasteiger partial charge is 0.497 e. The van der Waals surface area contributed by atoms with Crippen LogP contribution in [0.25, 0.3) is 0 Å². The number of methoxy groups -OCH3 is 2. The van der Waals surface area contributed by atoms with Crippen molar-refractivity contribution in [1.82, 2.24) is 9.80 Å². The van der Waals surface area contributed by atoms with Gasteiger partial charge in [0.25, 0.3) is 0 Å². The normalized spacial score (nSPS) is 15.2. The highest BCUT2D eigenvalue weighted by Gasteiger charge is 2.20.